The van der Waals surface area contributed by atoms with Crippen LogP contribution in [0.25, 0.3) is 0 Å². The fraction of sp³-hybridized carbons (Fsp3) is 0.467. The summed E-state index contributed by atoms with van der Waals surface area (Å²) >= 11 is 0. The van der Waals surface area contributed by atoms with Crippen LogP contribution in [-0.2, 0) is 16.1 Å². The molecule has 0 atom stereocenters. The number of aliphatic imine (C=N–C) groups is 1. The number of halogens is 1. The van der Waals surface area contributed by atoms with E-state index in [0.717, 1.165) is 18.7 Å². The molecule has 1 aromatic rings. The number of carbonyl (C=O) groups is 1. The van der Waals surface area contributed by atoms with Gasteiger partial charge in [0.05, 0.1) is 19.8 Å². The second-order valence-corrected chi connectivity index (χ2v) is 4.85. The van der Waals surface area contributed by atoms with Gasteiger partial charge in [0.2, 0.25) is 5.91 Å². The molecule has 2 rings (SSSR count). The molecule has 1 aliphatic rings. The second kappa shape index (κ2) is 10.4. The fourth-order valence-electron chi connectivity index (χ4n) is 2.05. The quantitative estimate of drug-likeness (QED) is 0.424. The van der Waals surface area contributed by atoms with Gasteiger partial charge in [0.25, 0.3) is 0 Å². The third-order valence-electron chi connectivity index (χ3n) is 3.28. The number of hydrogen-bond donors (Lipinski definition) is 2. The van der Waals surface area contributed by atoms with Gasteiger partial charge in [-0.2, -0.15) is 0 Å². The van der Waals surface area contributed by atoms with Crippen molar-refractivity contribution in [3.05, 3.63) is 35.9 Å². The van der Waals surface area contributed by atoms with Gasteiger partial charge in [0.1, 0.15) is 0 Å². The topological polar surface area (TPSA) is 79.9 Å². The van der Waals surface area contributed by atoms with E-state index >= 15 is 0 Å². The minimum atomic E-state index is -0.0163. The zero-order chi connectivity index (χ0) is 14.9. The molecule has 3 N–H and O–H groups in total. The van der Waals surface area contributed by atoms with E-state index < -0.39 is 0 Å². The number of rotatable bonds is 5. The van der Waals surface area contributed by atoms with Crippen LogP contribution in [-0.4, -0.2) is 49.6 Å². The third kappa shape index (κ3) is 6.61. The Kier molecular flexibility index (Phi) is 8.83. The molecule has 0 aliphatic carbocycles. The standard InChI is InChI=1S/C15H22N4O2.HI/c16-15(19-8-10-21-11-9-19)17-7-6-14(20)18-12-13-4-2-1-3-5-13;/h1-5H,6-12H2,(H2,16,17)(H,18,20);1H. The zero-order valence-corrected chi connectivity index (χ0v) is 14.9. The number of benzene rings is 1. The molecule has 1 heterocycles. The van der Waals surface area contributed by atoms with Crippen molar-refractivity contribution in [3.63, 3.8) is 0 Å². The minimum Gasteiger partial charge on any atom is -0.378 e. The summed E-state index contributed by atoms with van der Waals surface area (Å²) in [4.78, 5) is 17.9. The lowest BCUT2D eigenvalue weighted by Crippen LogP contribution is -2.44. The summed E-state index contributed by atoms with van der Waals surface area (Å²) in [6, 6.07) is 9.82. The molecular formula is C15H23IN4O2. The first-order valence-corrected chi connectivity index (χ1v) is 7.19. The van der Waals surface area contributed by atoms with Crippen LogP contribution in [0.15, 0.2) is 35.3 Å². The van der Waals surface area contributed by atoms with Crippen LogP contribution < -0.4 is 11.1 Å². The van der Waals surface area contributed by atoms with E-state index in [-0.39, 0.29) is 29.9 Å². The van der Waals surface area contributed by atoms with Crippen molar-refractivity contribution in [1.29, 1.82) is 0 Å². The number of carbonyl (C=O) groups excluding carboxylic acids is 1. The van der Waals surface area contributed by atoms with Crippen LogP contribution in [0.4, 0.5) is 0 Å². The molecule has 7 heteroatoms. The molecule has 122 valence electrons. The van der Waals surface area contributed by atoms with E-state index in [1.54, 1.807) is 0 Å². The lowest BCUT2D eigenvalue weighted by atomic mass is 10.2. The van der Waals surface area contributed by atoms with Crippen molar-refractivity contribution in [2.45, 2.75) is 13.0 Å². The van der Waals surface area contributed by atoms with E-state index in [4.69, 9.17) is 10.5 Å². The number of ether oxygens (including phenoxy) is 1. The Hall–Kier alpha value is -1.35. The van der Waals surface area contributed by atoms with Gasteiger partial charge in [-0.3, -0.25) is 9.79 Å². The smallest absolute Gasteiger partial charge is 0.222 e. The highest BCUT2D eigenvalue weighted by atomic mass is 127. The Morgan fingerprint density at radius 2 is 1.95 bits per heavy atom. The van der Waals surface area contributed by atoms with Gasteiger partial charge in [-0.15, -0.1) is 24.0 Å². The average molecular weight is 418 g/mol. The fourth-order valence-corrected chi connectivity index (χ4v) is 2.05. The predicted molar refractivity (Wildman–Crippen MR) is 97.2 cm³/mol. The van der Waals surface area contributed by atoms with Crippen LogP contribution in [0.1, 0.15) is 12.0 Å². The van der Waals surface area contributed by atoms with Crippen LogP contribution in [0.5, 0.6) is 0 Å². The maximum absolute atomic E-state index is 11.7. The maximum atomic E-state index is 11.7. The predicted octanol–water partition coefficient (Wildman–Crippen LogP) is 0.958. The Morgan fingerprint density at radius 3 is 2.64 bits per heavy atom. The number of guanidine groups is 1. The van der Waals surface area contributed by atoms with Gasteiger partial charge < -0.3 is 20.7 Å². The van der Waals surface area contributed by atoms with E-state index in [9.17, 15) is 4.79 Å². The molecule has 0 unspecified atom stereocenters. The van der Waals surface area contributed by atoms with Crippen LogP contribution in [0, 0.1) is 0 Å². The molecule has 0 saturated carbocycles. The summed E-state index contributed by atoms with van der Waals surface area (Å²) < 4.78 is 5.25. The highest BCUT2D eigenvalue weighted by Gasteiger charge is 2.12. The van der Waals surface area contributed by atoms with Crippen molar-refractivity contribution in [2.75, 3.05) is 32.8 Å². The molecule has 6 nitrogen and oxygen atoms in total. The molecule has 0 bridgehead atoms. The molecule has 0 aromatic heterocycles. The van der Waals surface area contributed by atoms with E-state index in [0.29, 0.717) is 38.7 Å². The van der Waals surface area contributed by atoms with Crippen LogP contribution in [0.3, 0.4) is 0 Å². The number of nitrogens with zero attached hydrogens (tertiary/aromatic N) is 2. The molecule has 1 saturated heterocycles. The van der Waals surface area contributed by atoms with Gasteiger partial charge in [0, 0.05) is 26.1 Å². The molecule has 1 aromatic carbocycles. The van der Waals surface area contributed by atoms with Gasteiger partial charge in [-0.1, -0.05) is 30.3 Å². The number of morpholine rings is 1. The van der Waals surface area contributed by atoms with E-state index in [1.165, 1.54) is 0 Å². The highest BCUT2D eigenvalue weighted by molar-refractivity contribution is 14.0. The Labute approximate surface area is 148 Å². The van der Waals surface area contributed by atoms with Gasteiger partial charge >= 0.3 is 0 Å². The number of hydrogen-bond acceptors (Lipinski definition) is 3. The van der Waals surface area contributed by atoms with Crippen molar-refractivity contribution in [1.82, 2.24) is 10.2 Å². The zero-order valence-electron chi connectivity index (χ0n) is 12.5. The first-order valence-electron chi connectivity index (χ1n) is 7.19. The van der Waals surface area contributed by atoms with E-state index in [1.807, 2.05) is 35.2 Å². The first kappa shape index (κ1) is 18.7. The van der Waals surface area contributed by atoms with Crippen molar-refractivity contribution >= 4 is 35.8 Å². The van der Waals surface area contributed by atoms with Gasteiger partial charge in [0.15, 0.2) is 5.96 Å². The highest BCUT2D eigenvalue weighted by Crippen LogP contribution is 1.98. The average Bonchev–Trinajstić information content (AvgIpc) is 2.54. The number of nitrogens with two attached hydrogens (primary N) is 1. The van der Waals surface area contributed by atoms with Gasteiger partial charge in [-0.25, -0.2) is 0 Å². The Balaban J connectivity index is 0.00000242. The Morgan fingerprint density at radius 1 is 1.27 bits per heavy atom. The summed E-state index contributed by atoms with van der Waals surface area (Å²) in [7, 11) is 0. The summed E-state index contributed by atoms with van der Waals surface area (Å²) in [5.41, 5.74) is 6.97. The second-order valence-electron chi connectivity index (χ2n) is 4.85. The van der Waals surface area contributed by atoms with Crippen LogP contribution in [0.2, 0.25) is 0 Å². The summed E-state index contributed by atoms with van der Waals surface area (Å²) in [5, 5.41) is 2.87. The number of nitrogens with one attached hydrogen (secondary N) is 1. The molecular weight excluding hydrogens is 395 g/mol. The lowest BCUT2D eigenvalue weighted by Gasteiger charge is -2.27. The monoisotopic (exact) mass is 418 g/mol. The molecule has 1 fully saturated rings. The van der Waals surface area contributed by atoms with Crippen molar-refractivity contribution < 1.29 is 9.53 Å². The summed E-state index contributed by atoms with van der Waals surface area (Å²) in [6.45, 7) is 3.82. The molecule has 0 radical (unpaired) electrons. The largest absolute Gasteiger partial charge is 0.378 e. The normalized spacial score (nSPS) is 15.1. The van der Waals surface area contributed by atoms with Crippen molar-refractivity contribution in [3.8, 4) is 0 Å². The lowest BCUT2D eigenvalue weighted by molar-refractivity contribution is -0.121. The van der Waals surface area contributed by atoms with Crippen LogP contribution >= 0.6 is 24.0 Å². The summed E-state index contributed by atoms with van der Waals surface area (Å²) in [6.07, 6.45) is 0.345. The molecule has 22 heavy (non-hydrogen) atoms. The molecule has 1 aliphatic heterocycles. The minimum absolute atomic E-state index is 0. The Bertz CT molecular complexity index is 476. The molecule has 1 amide bonds. The molecule has 0 spiro atoms. The maximum Gasteiger partial charge on any atom is 0.222 e. The van der Waals surface area contributed by atoms with Crippen molar-refractivity contribution in [2.24, 2.45) is 10.7 Å². The number of amides is 1. The SMILES string of the molecule is I.NC(=NCCC(=O)NCc1ccccc1)N1CCOCC1. The first-order chi connectivity index (χ1) is 10.3. The summed E-state index contributed by atoms with van der Waals surface area (Å²) in [5.74, 6) is 0.478. The van der Waals surface area contributed by atoms with Gasteiger partial charge in [-0.05, 0) is 5.56 Å². The third-order valence-corrected chi connectivity index (χ3v) is 3.28. The van der Waals surface area contributed by atoms with E-state index in [2.05, 4.69) is 10.3 Å².